The van der Waals surface area contributed by atoms with Crippen LogP contribution in [0.25, 0.3) is 0 Å². The molecule has 2 heterocycles. The maximum atomic E-state index is 13.2. The molecule has 28 heavy (non-hydrogen) atoms. The van der Waals surface area contributed by atoms with Gasteiger partial charge in [-0.15, -0.1) is 0 Å². The Bertz CT molecular complexity index is 719. The lowest BCUT2D eigenvalue weighted by atomic mass is 10.1. The van der Waals surface area contributed by atoms with Crippen molar-refractivity contribution in [2.24, 2.45) is 0 Å². The van der Waals surface area contributed by atoms with Gasteiger partial charge in [0.2, 0.25) is 5.91 Å². The summed E-state index contributed by atoms with van der Waals surface area (Å²) in [6.07, 6.45) is -0.272. The molecule has 0 radical (unpaired) electrons. The second kappa shape index (κ2) is 9.07. The quantitative estimate of drug-likeness (QED) is 0.765. The van der Waals surface area contributed by atoms with E-state index >= 15 is 0 Å². The molecule has 0 unspecified atom stereocenters. The fourth-order valence-corrected chi connectivity index (χ4v) is 4.33. The normalized spacial score (nSPS) is 18.3. The molecule has 0 aliphatic carbocycles. The second-order valence-corrected chi connectivity index (χ2v) is 8.08. The van der Waals surface area contributed by atoms with E-state index in [4.69, 9.17) is 0 Å². The molecule has 0 atom stereocenters. The van der Waals surface area contributed by atoms with Crippen LogP contribution in [-0.2, 0) is 11.0 Å². The first-order chi connectivity index (χ1) is 13.3. The van der Waals surface area contributed by atoms with Crippen molar-refractivity contribution in [1.82, 2.24) is 4.90 Å². The van der Waals surface area contributed by atoms with Gasteiger partial charge < -0.3 is 15.1 Å². The Hall–Kier alpha value is -1.90. The summed E-state index contributed by atoms with van der Waals surface area (Å²) in [5.41, 5.74) is 0.0207. The van der Waals surface area contributed by atoms with Crippen LogP contribution in [0.1, 0.15) is 37.7 Å². The maximum absolute atomic E-state index is 13.2. The number of nitrogens with zero attached hydrogens (tertiary/aromatic N) is 2. The predicted octanol–water partition coefficient (Wildman–Crippen LogP) is 4.58. The van der Waals surface area contributed by atoms with Crippen LogP contribution in [-0.4, -0.2) is 48.0 Å². The van der Waals surface area contributed by atoms with Gasteiger partial charge in [0.1, 0.15) is 0 Å². The molecule has 2 aliphatic rings. The van der Waals surface area contributed by atoms with E-state index in [1.54, 1.807) is 4.90 Å². The van der Waals surface area contributed by atoms with Gasteiger partial charge in [0.05, 0.1) is 16.9 Å². The zero-order chi connectivity index (χ0) is 20.1. The van der Waals surface area contributed by atoms with Crippen molar-refractivity contribution < 1.29 is 22.8 Å². The summed E-state index contributed by atoms with van der Waals surface area (Å²) in [5, 5.41) is 2.60. The lowest BCUT2D eigenvalue weighted by Crippen LogP contribution is -2.29. The Labute approximate surface area is 166 Å². The Morgan fingerprint density at radius 1 is 1.11 bits per heavy atom. The first-order valence-corrected chi connectivity index (χ1v) is 10.5. The van der Waals surface area contributed by atoms with E-state index < -0.39 is 11.7 Å². The van der Waals surface area contributed by atoms with E-state index in [-0.39, 0.29) is 29.8 Å². The topological polar surface area (TPSA) is 52.7 Å². The highest BCUT2D eigenvalue weighted by Crippen LogP contribution is 2.36. The number of carbonyl (C=O) groups is 2. The molecule has 0 saturated carbocycles. The Kier molecular flexibility index (Phi) is 6.74. The number of hydrogen-bond acceptors (Lipinski definition) is 4. The summed E-state index contributed by atoms with van der Waals surface area (Å²) in [4.78, 5) is 27.6. The summed E-state index contributed by atoms with van der Waals surface area (Å²) in [7, 11) is 0. The van der Waals surface area contributed by atoms with Crippen molar-refractivity contribution in [3.8, 4) is 0 Å². The van der Waals surface area contributed by atoms with Crippen LogP contribution >= 0.6 is 11.8 Å². The molecule has 1 aromatic carbocycles. The minimum absolute atomic E-state index is 0.0575. The Morgan fingerprint density at radius 3 is 2.43 bits per heavy atom. The van der Waals surface area contributed by atoms with E-state index in [0.717, 1.165) is 50.9 Å². The van der Waals surface area contributed by atoms with Crippen molar-refractivity contribution in [1.29, 1.82) is 0 Å². The van der Waals surface area contributed by atoms with E-state index in [0.29, 0.717) is 18.0 Å². The number of thioether (sulfide) groups is 1. The smallest absolute Gasteiger partial charge is 0.370 e. The molecule has 2 aliphatic heterocycles. The standard InChI is InChI=1S/C19H24F3N3O2S/c20-19(21,22)14-5-6-16(24-8-3-1-2-4-9-24)15(13-14)23-17(26)7-10-25-11-12-28-18(25)27/h5-6,13H,1-4,7-12H2,(H,23,26). The molecule has 0 aromatic heterocycles. The SMILES string of the molecule is O=C(CCN1CCSC1=O)Nc1cc(C(F)(F)F)ccc1N1CCCCCC1. The fraction of sp³-hybridized carbons (Fsp3) is 0.579. The lowest BCUT2D eigenvalue weighted by molar-refractivity contribution is -0.137. The van der Waals surface area contributed by atoms with Crippen LogP contribution in [0, 0.1) is 0 Å². The number of rotatable bonds is 5. The highest BCUT2D eigenvalue weighted by Gasteiger charge is 2.32. The minimum atomic E-state index is -4.48. The van der Waals surface area contributed by atoms with Crippen molar-refractivity contribution in [3.05, 3.63) is 23.8 Å². The molecule has 3 rings (SSSR count). The van der Waals surface area contributed by atoms with Gasteiger partial charge in [-0.2, -0.15) is 13.2 Å². The third-order valence-corrected chi connectivity index (χ3v) is 5.89. The summed E-state index contributed by atoms with van der Waals surface area (Å²) in [5.74, 6) is 0.313. The van der Waals surface area contributed by atoms with Crippen LogP contribution < -0.4 is 10.2 Å². The third-order valence-electron chi connectivity index (χ3n) is 5.00. The molecule has 9 heteroatoms. The van der Waals surface area contributed by atoms with Crippen LogP contribution in [0.4, 0.5) is 29.3 Å². The third kappa shape index (κ3) is 5.33. The van der Waals surface area contributed by atoms with Crippen molar-refractivity contribution in [2.75, 3.05) is 42.1 Å². The monoisotopic (exact) mass is 415 g/mol. The van der Waals surface area contributed by atoms with E-state index in [2.05, 4.69) is 5.32 Å². The summed E-state index contributed by atoms with van der Waals surface area (Å²) in [6, 6.07) is 3.52. The summed E-state index contributed by atoms with van der Waals surface area (Å²) >= 11 is 1.21. The van der Waals surface area contributed by atoms with Gasteiger partial charge in [-0.25, -0.2) is 0 Å². The van der Waals surface area contributed by atoms with E-state index in [1.807, 2.05) is 4.90 Å². The molecule has 0 bridgehead atoms. The van der Waals surface area contributed by atoms with Crippen molar-refractivity contribution in [3.63, 3.8) is 0 Å². The van der Waals surface area contributed by atoms with Crippen LogP contribution in [0.2, 0.25) is 0 Å². The predicted molar refractivity (Wildman–Crippen MR) is 105 cm³/mol. The number of halogens is 3. The average molecular weight is 415 g/mol. The van der Waals surface area contributed by atoms with Crippen LogP contribution in [0.15, 0.2) is 18.2 Å². The molecule has 2 fully saturated rings. The van der Waals surface area contributed by atoms with E-state index in [9.17, 15) is 22.8 Å². The minimum Gasteiger partial charge on any atom is -0.370 e. The average Bonchev–Trinajstić information content (AvgIpc) is 2.88. The number of amides is 2. The number of anilines is 2. The van der Waals surface area contributed by atoms with E-state index in [1.165, 1.54) is 17.8 Å². The summed E-state index contributed by atoms with van der Waals surface area (Å²) in [6.45, 7) is 2.39. The zero-order valence-electron chi connectivity index (χ0n) is 15.6. The van der Waals surface area contributed by atoms with Gasteiger partial charge in [0.15, 0.2) is 0 Å². The van der Waals surface area contributed by atoms with Gasteiger partial charge in [-0.3, -0.25) is 9.59 Å². The summed E-state index contributed by atoms with van der Waals surface area (Å²) < 4.78 is 39.5. The fourth-order valence-electron chi connectivity index (χ4n) is 3.48. The molecule has 1 N–H and O–H groups in total. The largest absolute Gasteiger partial charge is 0.416 e. The van der Waals surface area contributed by atoms with Crippen LogP contribution in [0.5, 0.6) is 0 Å². The van der Waals surface area contributed by atoms with Crippen LogP contribution in [0.3, 0.4) is 0 Å². The second-order valence-electron chi connectivity index (χ2n) is 7.03. The van der Waals surface area contributed by atoms with Crippen molar-refractivity contribution in [2.45, 2.75) is 38.3 Å². The molecule has 154 valence electrons. The van der Waals surface area contributed by atoms with Gasteiger partial charge in [-0.05, 0) is 31.0 Å². The van der Waals surface area contributed by atoms with Crippen molar-refractivity contribution >= 4 is 34.3 Å². The number of benzene rings is 1. The molecule has 1 aromatic rings. The van der Waals surface area contributed by atoms with Gasteiger partial charge >= 0.3 is 6.18 Å². The first kappa shape index (κ1) is 20.8. The number of carbonyl (C=O) groups excluding carboxylic acids is 2. The van der Waals surface area contributed by atoms with Gasteiger partial charge in [0, 0.05) is 38.4 Å². The molecule has 0 spiro atoms. The Balaban J connectivity index is 1.75. The first-order valence-electron chi connectivity index (χ1n) is 9.52. The van der Waals surface area contributed by atoms with Gasteiger partial charge in [0.25, 0.3) is 5.24 Å². The molecular weight excluding hydrogens is 391 g/mol. The molecule has 2 saturated heterocycles. The number of nitrogens with one attached hydrogen (secondary N) is 1. The lowest BCUT2D eigenvalue weighted by Gasteiger charge is -2.26. The highest BCUT2D eigenvalue weighted by atomic mass is 32.2. The highest BCUT2D eigenvalue weighted by molar-refractivity contribution is 8.13. The molecule has 5 nitrogen and oxygen atoms in total. The van der Waals surface area contributed by atoms with Gasteiger partial charge in [-0.1, -0.05) is 24.6 Å². The Morgan fingerprint density at radius 2 is 1.82 bits per heavy atom. The maximum Gasteiger partial charge on any atom is 0.416 e. The molecule has 2 amide bonds. The zero-order valence-corrected chi connectivity index (χ0v) is 16.4. The molecular formula is C19H24F3N3O2S. The number of hydrogen-bond donors (Lipinski definition) is 1. The number of alkyl halides is 3.